The lowest BCUT2D eigenvalue weighted by molar-refractivity contribution is 0.0343. The number of hydrogen-bond acceptors (Lipinski definition) is 3. The second kappa shape index (κ2) is 6.55. The highest BCUT2D eigenvalue weighted by Crippen LogP contribution is 2.21. The van der Waals surface area contributed by atoms with Gasteiger partial charge in [-0.25, -0.2) is 0 Å². The molecule has 0 N–H and O–H groups in total. The molecule has 2 aromatic carbocycles. The van der Waals surface area contributed by atoms with Gasteiger partial charge in [0.25, 0.3) is 0 Å². The number of ether oxygens (including phenoxy) is 1. The average Bonchev–Trinajstić information content (AvgIpc) is 2.55. The number of rotatable bonds is 4. The molecule has 22 heavy (non-hydrogen) atoms. The van der Waals surface area contributed by atoms with Crippen LogP contribution in [0.3, 0.4) is 0 Å². The van der Waals surface area contributed by atoms with E-state index in [9.17, 15) is 0 Å². The normalized spacial score (nSPS) is 17.3. The van der Waals surface area contributed by atoms with E-state index >= 15 is 0 Å². The van der Waals surface area contributed by atoms with E-state index in [1.165, 1.54) is 0 Å². The number of hydrogen-bond donors (Lipinski definition) is 0. The summed E-state index contributed by atoms with van der Waals surface area (Å²) in [7, 11) is -0.253. The Balaban J connectivity index is 1.56. The fourth-order valence-corrected chi connectivity index (χ4v) is 2.34. The maximum Gasteiger partial charge on any atom is 0.493 e. The van der Waals surface area contributed by atoms with Gasteiger partial charge in [0.05, 0.1) is 0 Å². The van der Waals surface area contributed by atoms with Crippen LogP contribution in [-0.4, -0.2) is 20.3 Å². The van der Waals surface area contributed by atoms with E-state index in [0.29, 0.717) is 6.61 Å². The first-order valence-electron chi connectivity index (χ1n) is 7.62. The van der Waals surface area contributed by atoms with E-state index in [2.05, 4.69) is 26.0 Å². The summed E-state index contributed by atoms with van der Waals surface area (Å²) in [4.78, 5) is 0. The van der Waals surface area contributed by atoms with E-state index in [0.717, 1.165) is 30.0 Å². The standard InChI is InChI=1S/C18H21BO3/c1-18(2)13-21-19(22-14-18)16-10-8-15(9-11-16)12-20-17-6-4-3-5-7-17/h3-11H,12-14H2,1-2H3. The van der Waals surface area contributed by atoms with Gasteiger partial charge in [-0.05, 0) is 23.2 Å². The molecule has 4 heteroatoms. The van der Waals surface area contributed by atoms with E-state index < -0.39 is 0 Å². The molecule has 0 amide bonds. The van der Waals surface area contributed by atoms with Crippen LogP contribution in [0.4, 0.5) is 0 Å². The van der Waals surface area contributed by atoms with Crippen LogP contribution in [-0.2, 0) is 15.9 Å². The van der Waals surface area contributed by atoms with Crippen molar-refractivity contribution in [2.45, 2.75) is 20.5 Å². The van der Waals surface area contributed by atoms with Gasteiger partial charge in [-0.15, -0.1) is 0 Å². The predicted molar refractivity (Wildman–Crippen MR) is 88.3 cm³/mol. The summed E-state index contributed by atoms with van der Waals surface area (Å²) in [6, 6.07) is 18.1. The smallest absolute Gasteiger partial charge is 0.489 e. The van der Waals surface area contributed by atoms with Gasteiger partial charge in [0.1, 0.15) is 12.4 Å². The summed E-state index contributed by atoms with van der Waals surface area (Å²) in [6.45, 7) is 6.29. The Morgan fingerprint density at radius 3 is 2.23 bits per heavy atom. The molecule has 0 radical (unpaired) electrons. The minimum atomic E-state index is -0.253. The molecular weight excluding hydrogens is 275 g/mol. The lowest BCUT2D eigenvalue weighted by Crippen LogP contribution is -2.47. The molecule has 0 unspecified atom stereocenters. The van der Waals surface area contributed by atoms with Crippen molar-refractivity contribution < 1.29 is 14.0 Å². The Hall–Kier alpha value is -1.78. The molecule has 0 aromatic heterocycles. The third kappa shape index (κ3) is 3.90. The van der Waals surface area contributed by atoms with Gasteiger partial charge in [-0.2, -0.15) is 0 Å². The van der Waals surface area contributed by atoms with E-state index in [-0.39, 0.29) is 12.5 Å². The molecule has 0 spiro atoms. The first kappa shape index (κ1) is 15.1. The van der Waals surface area contributed by atoms with Gasteiger partial charge in [-0.1, -0.05) is 56.3 Å². The van der Waals surface area contributed by atoms with Crippen LogP contribution in [0.2, 0.25) is 0 Å². The van der Waals surface area contributed by atoms with Gasteiger partial charge in [0, 0.05) is 18.6 Å². The SMILES string of the molecule is CC1(C)COB(c2ccc(COc3ccccc3)cc2)OC1. The molecule has 114 valence electrons. The highest BCUT2D eigenvalue weighted by atomic mass is 16.6. The summed E-state index contributed by atoms with van der Waals surface area (Å²) in [5, 5.41) is 0. The van der Waals surface area contributed by atoms with Crippen molar-refractivity contribution in [3.05, 3.63) is 60.2 Å². The molecule has 3 nitrogen and oxygen atoms in total. The van der Waals surface area contributed by atoms with Crippen molar-refractivity contribution in [1.29, 1.82) is 0 Å². The zero-order valence-electron chi connectivity index (χ0n) is 13.1. The minimum absolute atomic E-state index is 0.0972. The van der Waals surface area contributed by atoms with Gasteiger partial charge >= 0.3 is 7.12 Å². The predicted octanol–water partition coefficient (Wildman–Crippen LogP) is 3.03. The Bertz CT molecular complexity index is 585. The van der Waals surface area contributed by atoms with Crippen molar-refractivity contribution in [3.63, 3.8) is 0 Å². The Labute approximate surface area is 132 Å². The molecule has 3 rings (SSSR count). The first-order valence-corrected chi connectivity index (χ1v) is 7.62. The van der Waals surface area contributed by atoms with Crippen LogP contribution in [0.25, 0.3) is 0 Å². The maximum absolute atomic E-state index is 5.79. The third-order valence-electron chi connectivity index (χ3n) is 3.65. The van der Waals surface area contributed by atoms with Crippen molar-refractivity contribution in [3.8, 4) is 5.75 Å². The molecule has 0 saturated carbocycles. The molecule has 1 fully saturated rings. The lowest BCUT2D eigenvalue weighted by atomic mass is 9.76. The number of benzene rings is 2. The van der Waals surface area contributed by atoms with Gasteiger partial charge < -0.3 is 14.0 Å². The van der Waals surface area contributed by atoms with E-state index in [1.807, 2.05) is 42.5 Å². The van der Waals surface area contributed by atoms with E-state index in [4.69, 9.17) is 14.0 Å². The quantitative estimate of drug-likeness (QED) is 0.812. The summed E-state index contributed by atoms with van der Waals surface area (Å²) in [6.07, 6.45) is 0. The minimum Gasteiger partial charge on any atom is -0.489 e. The van der Waals surface area contributed by atoms with Gasteiger partial charge in [-0.3, -0.25) is 0 Å². The second-order valence-corrected chi connectivity index (χ2v) is 6.46. The van der Waals surface area contributed by atoms with Crippen LogP contribution in [0.15, 0.2) is 54.6 Å². The Morgan fingerprint density at radius 2 is 1.59 bits per heavy atom. The highest BCUT2D eigenvalue weighted by molar-refractivity contribution is 6.61. The fraction of sp³-hybridized carbons (Fsp3) is 0.333. The molecule has 0 bridgehead atoms. The highest BCUT2D eigenvalue weighted by Gasteiger charge is 2.33. The molecule has 0 atom stereocenters. The summed E-state index contributed by atoms with van der Waals surface area (Å²) in [5.41, 5.74) is 2.28. The molecule has 2 aromatic rings. The maximum atomic E-state index is 5.79. The van der Waals surface area contributed by atoms with Crippen LogP contribution in [0, 0.1) is 5.41 Å². The molecule has 1 heterocycles. The summed E-state index contributed by atoms with van der Waals surface area (Å²) in [5.74, 6) is 0.882. The van der Waals surface area contributed by atoms with Crippen LogP contribution in [0.5, 0.6) is 5.75 Å². The second-order valence-electron chi connectivity index (χ2n) is 6.46. The van der Waals surface area contributed by atoms with Crippen LogP contribution >= 0.6 is 0 Å². The molecule has 1 aliphatic rings. The number of para-hydroxylation sites is 1. The molecular formula is C18H21BO3. The third-order valence-corrected chi connectivity index (χ3v) is 3.65. The monoisotopic (exact) mass is 296 g/mol. The summed E-state index contributed by atoms with van der Waals surface area (Å²) < 4.78 is 17.3. The molecule has 0 aliphatic carbocycles. The largest absolute Gasteiger partial charge is 0.493 e. The van der Waals surface area contributed by atoms with Crippen molar-refractivity contribution in [1.82, 2.24) is 0 Å². The first-order chi connectivity index (χ1) is 10.6. The fourth-order valence-electron chi connectivity index (χ4n) is 2.34. The van der Waals surface area contributed by atoms with E-state index in [1.54, 1.807) is 0 Å². The van der Waals surface area contributed by atoms with Crippen molar-refractivity contribution >= 4 is 12.6 Å². The zero-order chi connectivity index (χ0) is 15.4. The Morgan fingerprint density at radius 1 is 0.955 bits per heavy atom. The van der Waals surface area contributed by atoms with Crippen LogP contribution < -0.4 is 10.2 Å². The average molecular weight is 296 g/mol. The zero-order valence-corrected chi connectivity index (χ0v) is 13.1. The van der Waals surface area contributed by atoms with Crippen LogP contribution in [0.1, 0.15) is 19.4 Å². The molecule has 1 aliphatic heterocycles. The van der Waals surface area contributed by atoms with Crippen molar-refractivity contribution in [2.75, 3.05) is 13.2 Å². The van der Waals surface area contributed by atoms with Gasteiger partial charge in [0.2, 0.25) is 0 Å². The Kier molecular flexibility index (Phi) is 4.51. The summed E-state index contributed by atoms with van der Waals surface area (Å²) >= 11 is 0. The lowest BCUT2D eigenvalue weighted by Gasteiger charge is -2.33. The van der Waals surface area contributed by atoms with Gasteiger partial charge in [0.15, 0.2) is 0 Å². The van der Waals surface area contributed by atoms with Crippen molar-refractivity contribution in [2.24, 2.45) is 5.41 Å². The topological polar surface area (TPSA) is 27.7 Å². The molecule has 1 saturated heterocycles.